The van der Waals surface area contributed by atoms with E-state index in [1.165, 1.54) is 19.3 Å². The Bertz CT molecular complexity index is 158. The summed E-state index contributed by atoms with van der Waals surface area (Å²) in [5.74, 6) is 0.845. The largest absolute Gasteiger partial charge is 0.330 e. The predicted octanol–water partition coefficient (Wildman–Crippen LogP) is 2.80. The van der Waals surface area contributed by atoms with E-state index in [0.29, 0.717) is 10.8 Å². The van der Waals surface area contributed by atoms with Gasteiger partial charge in [-0.2, -0.15) is 0 Å². The van der Waals surface area contributed by atoms with Gasteiger partial charge in [0, 0.05) is 0 Å². The van der Waals surface area contributed by atoms with Gasteiger partial charge in [0.15, 0.2) is 0 Å². The van der Waals surface area contributed by atoms with E-state index in [1.807, 2.05) is 0 Å². The van der Waals surface area contributed by atoms with Crippen LogP contribution >= 0.6 is 0 Å². The minimum atomic E-state index is 0.355. The van der Waals surface area contributed by atoms with Crippen molar-refractivity contribution in [3.05, 3.63) is 0 Å². The lowest BCUT2D eigenvalue weighted by atomic mass is 9.76. The molecular formula is C11H23N. The third-order valence-electron chi connectivity index (χ3n) is 3.60. The van der Waals surface area contributed by atoms with Gasteiger partial charge in [0.2, 0.25) is 0 Å². The van der Waals surface area contributed by atoms with Crippen LogP contribution in [0.4, 0.5) is 0 Å². The second-order valence-corrected chi connectivity index (χ2v) is 5.80. The van der Waals surface area contributed by atoms with Gasteiger partial charge < -0.3 is 5.73 Å². The van der Waals surface area contributed by atoms with E-state index in [0.717, 1.165) is 12.5 Å². The standard InChI is InChI=1S/C11H23N/c1-10(2)6-5-9(7-10)11(3,4)8-12/h9H,5-8,12H2,1-4H3. The molecule has 0 saturated heterocycles. The van der Waals surface area contributed by atoms with Crippen molar-refractivity contribution >= 4 is 0 Å². The van der Waals surface area contributed by atoms with E-state index in [9.17, 15) is 0 Å². The average Bonchev–Trinajstić information content (AvgIpc) is 2.31. The predicted molar refractivity (Wildman–Crippen MR) is 54.0 cm³/mol. The molecule has 1 nitrogen and oxygen atoms in total. The van der Waals surface area contributed by atoms with Gasteiger partial charge in [0.25, 0.3) is 0 Å². The first-order chi connectivity index (χ1) is 5.37. The third-order valence-corrected chi connectivity index (χ3v) is 3.60. The van der Waals surface area contributed by atoms with Gasteiger partial charge in [-0.15, -0.1) is 0 Å². The maximum absolute atomic E-state index is 5.77. The monoisotopic (exact) mass is 169 g/mol. The van der Waals surface area contributed by atoms with Gasteiger partial charge in [-0.05, 0) is 42.6 Å². The Morgan fingerprint density at radius 3 is 2.33 bits per heavy atom. The van der Waals surface area contributed by atoms with Crippen LogP contribution in [-0.2, 0) is 0 Å². The van der Waals surface area contributed by atoms with Crippen LogP contribution in [0.5, 0.6) is 0 Å². The lowest BCUT2D eigenvalue weighted by molar-refractivity contribution is 0.207. The zero-order valence-electron chi connectivity index (χ0n) is 8.98. The Morgan fingerprint density at radius 1 is 1.42 bits per heavy atom. The molecule has 1 fully saturated rings. The molecule has 0 aliphatic heterocycles. The summed E-state index contributed by atoms with van der Waals surface area (Å²) in [5, 5.41) is 0. The molecule has 1 atom stereocenters. The third kappa shape index (κ3) is 2.01. The van der Waals surface area contributed by atoms with E-state index < -0.39 is 0 Å². The molecule has 0 amide bonds. The fourth-order valence-corrected chi connectivity index (χ4v) is 2.27. The number of hydrogen-bond donors (Lipinski definition) is 1. The highest BCUT2D eigenvalue weighted by molar-refractivity contribution is 4.90. The molecule has 0 spiro atoms. The molecule has 0 aromatic rings. The highest BCUT2D eigenvalue weighted by Gasteiger charge is 2.38. The molecule has 12 heavy (non-hydrogen) atoms. The summed E-state index contributed by atoms with van der Waals surface area (Å²) in [4.78, 5) is 0. The topological polar surface area (TPSA) is 26.0 Å². The lowest BCUT2D eigenvalue weighted by Crippen LogP contribution is -2.31. The SMILES string of the molecule is CC1(C)CCC(C(C)(C)CN)C1. The zero-order valence-corrected chi connectivity index (χ0v) is 8.98. The number of nitrogens with two attached hydrogens (primary N) is 1. The van der Waals surface area contributed by atoms with Gasteiger partial charge in [-0.3, -0.25) is 0 Å². The van der Waals surface area contributed by atoms with Crippen molar-refractivity contribution in [2.24, 2.45) is 22.5 Å². The summed E-state index contributed by atoms with van der Waals surface area (Å²) >= 11 is 0. The first-order valence-corrected chi connectivity index (χ1v) is 5.07. The molecular weight excluding hydrogens is 146 g/mol. The van der Waals surface area contributed by atoms with E-state index >= 15 is 0 Å². The lowest BCUT2D eigenvalue weighted by Gasteiger charge is -2.31. The van der Waals surface area contributed by atoms with Crippen LogP contribution in [-0.4, -0.2) is 6.54 Å². The van der Waals surface area contributed by atoms with Gasteiger partial charge in [-0.1, -0.05) is 27.7 Å². The Labute approximate surface area is 76.7 Å². The van der Waals surface area contributed by atoms with E-state index in [-0.39, 0.29) is 0 Å². The van der Waals surface area contributed by atoms with Crippen molar-refractivity contribution in [2.45, 2.75) is 47.0 Å². The summed E-state index contributed by atoms with van der Waals surface area (Å²) in [6.07, 6.45) is 4.11. The van der Waals surface area contributed by atoms with Crippen molar-refractivity contribution in [1.82, 2.24) is 0 Å². The molecule has 1 aliphatic rings. The zero-order chi connectivity index (χ0) is 9.41. The van der Waals surface area contributed by atoms with Gasteiger partial charge in [0.1, 0.15) is 0 Å². The summed E-state index contributed by atoms with van der Waals surface area (Å²) in [5.41, 5.74) is 6.70. The van der Waals surface area contributed by atoms with Crippen LogP contribution in [0.2, 0.25) is 0 Å². The number of rotatable bonds is 2. The summed E-state index contributed by atoms with van der Waals surface area (Å²) in [6, 6.07) is 0. The molecule has 0 aromatic carbocycles. The van der Waals surface area contributed by atoms with Gasteiger partial charge in [0.05, 0.1) is 0 Å². The second-order valence-electron chi connectivity index (χ2n) is 5.80. The van der Waals surface area contributed by atoms with E-state index in [1.54, 1.807) is 0 Å². The van der Waals surface area contributed by atoms with Crippen LogP contribution in [0.1, 0.15) is 47.0 Å². The van der Waals surface area contributed by atoms with Crippen LogP contribution in [0.15, 0.2) is 0 Å². The Kier molecular flexibility index (Phi) is 2.53. The molecule has 1 unspecified atom stereocenters. The maximum atomic E-state index is 5.77. The molecule has 72 valence electrons. The minimum absolute atomic E-state index is 0.355. The highest BCUT2D eigenvalue weighted by atomic mass is 14.6. The summed E-state index contributed by atoms with van der Waals surface area (Å²) in [6.45, 7) is 10.2. The average molecular weight is 169 g/mol. The van der Waals surface area contributed by atoms with Crippen LogP contribution in [0.3, 0.4) is 0 Å². The quantitative estimate of drug-likeness (QED) is 0.676. The van der Waals surface area contributed by atoms with Crippen molar-refractivity contribution in [1.29, 1.82) is 0 Å². The molecule has 2 N–H and O–H groups in total. The normalized spacial score (nSPS) is 29.2. The van der Waals surface area contributed by atoms with Crippen molar-refractivity contribution in [2.75, 3.05) is 6.54 Å². The van der Waals surface area contributed by atoms with Gasteiger partial charge in [-0.25, -0.2) is 0 Å². The van der Waals surface area contributed by atoms with Crippen molar-refractivity contribution in [3.8, 4) is 0 Å². The van der Waals surface area contributed by atoms with Crippen molar-refractivity contribution < 1.29 is 0 Å². The van der Waals surface area contributed by atoms with E-state index in [4.69, 9.17) is 5.73 Å². The fraction of sp³-hybridized carbons (Fsp3) is 1.00. The Hall–Kier alpha value is -0.0400. The van der Waals surface area contributed by atoms with Crippen molar-refractivity contribution in [3.63, 3.8) is 0 Å². The smallest absolute Gasteiger partial charge is 0.00232 e. The molecule has 0 radical (unpaired) electrons. The van der Waals surface area contributed by atoms with Crippen LogP contribution in [0, 0.1) is 16.7 Å². The van der Waals surface area contributed by atoms with Crippen LogP contribution < -0.4 is 5.73 Å². The van der Waals surface area contributed by atoms with Gasteiger partial charge >= 0.3 is 0 Å². The molecule has 1 rings (SSSR count). The molecule has 1 heteroatoms. The molecule has 0 aromatic heterocycles. The maximum Gasteiger partial charge on any atom is -0.00232 e. The second kappa shape index (κ2) is 3.02. The fourth-order valence-electron chi connectivity index (χ4n) is 2.27. The molecule has 0 bridgehead atoms. The molecule has 1 aliphatic carbocycles. The summed E-state index contributed by atoms with van der Waals surface area (Å²) in [7, 11) is 0. The first kappa shape index (κ1) is 10.0. The number of hydrogen-bond acceptors (Lipinski definition) is 1. The molecule has 1 saturated carbocycles. The first-order valence-electron chi connectivity index (χ1n) is 5.07. The highest BCUT2D eigenvalue weighted by Crippen LogP contribution is 2.47. The van der Waals surface area contributed by atoms with E-state index in [2.05, 4.69) is 27.7 Å². The Morgan fingerprint density at radius 2 is 2.00 bits per heavy atom. The Balaban J connectivity index is 2.58. The summed E-state index contributed by atoms with van der Waals surface area (Å²) < 4.78 is 0. The van der Waals surface area contributed by atoms with Crippen LogP contribution in [0.25, 0.3) is 0 Å². The molecule has 0 heterocycles. The minimum Gasteiger partial charge on any atom is -0.330 e.